The normalized spacial score (nSPS) is 11.2. The van der Waals surface area contributed by atoms with Gasteiger partial charge in [0.05, 0.1) is 5.69 Å². The molecule has 0 aliphatic heterocycles. The first-order chi connectivity index (χ1) is 15.3. The van der Waals surface area contributed by atoms with Crippen LogP contribution in [0, 0.1) is 0 Å². The summed E-state index contributed by atoms with van der Waals surface area (Å²) in [6.07, 6.45) is 0. The highest BCUT2D eigenvalue weighted by atomic mass is 31.1. The first-order valence-corrected chi connectivity index (χ1v) is 11.7. The van der Waals surface area contributed by atoms with Gasteiger partial charge >= 0.3 is 0 Å². The fourth-order valence-electron chi connectivity index (χ4n) is 4.16. The Morgan fingerprint density at radius 3 is 1.58 bits per heavy atom. The predicted octanol–water partition coefficient (Wildman–Crippen LogP) is 4.96. The van der Waals surface area contributed by atoms with E-state index < -0.39 is 7.92 Å². The molecule has 150 valence electrons. The van der Waals surface area contributed by atoms with Crippen molar-refractivity contribution >= 4 is 34.6 Å². The van der Waals surface area contributed by atoms with E-state index in [0.717, 1.165) is 22.0 Å². The fourth-order valence-corrected chi connectivity index (χ4v) is 6.84. The van der Waals surface area contributed by atoms with Crippen molar-refractivity contribution in [2.24, 2.45) is 7.05 Å². The van der Waals surface area contributed by atoms with Crippen LogP contribution in [0.15, 0.2) is 120 Å². The lowest BCUT2D eigenvalue weighted by molar-refractivity contribution is 0.888. The summed E-state index contributed by atoms with van der Waals surface area (Å²) in [6, 6.07) is 39.6. The Labute approximate surface area is 183 Å². The van der Waals surface area contributed by atoms with Crippen LogP contribution in [0.1, 0.15) is 0 Å². The zero-order chi connectivity index (χ0) is 21.2. The van der Waals surface area contributed by atoms with Crippen LogP contribution in [0.2, 0.25) is 0 Å². The van der Waals surface area contributed by atoms with Gasteiger partial charge in [0.2, 0.25) is 0 Å². The van der Waals surface area contributed by atoms with Crippen molar-refractivity contribution in [3.05, 3.63) is 126 Å². The summed E-state index contributed by atoms with van der Waals surface area (Å²) in [5.74, 6) is 0. The molecule has 0 saturated heterocycles. The van der Waals surface area contributed by atoms with Gasteiger partial charge in [-0.25, -0.2) is 0 Å². The van der Waals surface area contributed by atoms with Gasteiger partial charge in [-0.1, -0.05) is 109 Å². The molecule has 1 heterocycles. The van der Waals surface area contributed by atoms with E-state index in [1.165, 1.54) is 15.9 Å². The maximum Gasteiger partial charge on any atom is 0.258 e. The highest BCUT2D eigenvalue weighted by Crippen LogP contribution is 2.39. The zero-order valence-corrected chi connectivity index (χ0v) is 18.2. The molecule has 0 bridgehead atoms. The second-order valence-corrected chi connectivity index (χ2v) is 9.63. The first kappa shape index (κ1) is 19.5. The number of aromatic nitrogens is 1. The molecule has 0 spiro atoms. The summed E-state index contributed by atoms with van der Waals surface area (Å²) < 4.78 is 1.83. The van der Waals surface area contributed by atoms with Gasteiger partial charge < -0.3 is 4.57 Å². The van der Waals surface area contributed by atoms with E-state index in [1.54, 1.807) is 0 Å². The molecule has 31 heavy (non-hydrogen) atoms. The van der Waals surface area contributed by atoms with Gasteiger partial charge in [-0.3, -0.25) is 4.79 Å². The topological polar surface area (TPSA) is 22.0 Å². The van der Waals surface area contributed by atoms with Crippen LogP contribution < -0.4 is 21.5 Å². The van der Waals surface area contributed by atoms with Crippen molar-refractivity contribution in [2.45, 2.75) is 0 Å². The van der Waals surface area contributed by atoms with Gasteiger partial charge in [-0.15, -0.1) is 0 Å². The summed E-state index contributed by atoms with van der Waals surface area (Å²) in [5.41, 5.74) is 2.08. The molecule has 0 aliphatic carbocycles. The summed E-state index contributed by atoms with van der Waals surface area (Å²) in [5, 5.41) is 5.55. The zero-order valence-electron chi connectivity index (χ0n) is 17.3. The molecule has 0 N–H and O–H groups in total. The standard InChI is InChI=1S/C28H22NOP/c1-29-26(21-13-5-2-6-14-21)27(24-19-11-12-20-25(24)28(29)30)31(22-15-7-3-8-16-22)23-17-9-4-10-18-23/h2-20H,1H3. The molecule has 2 nitrogen and oxygen atoms in total. The highest BCUT2D eigenvalue weighted by molar-refractivity contribution is 7.80. The van der Waals surface area contributed by atoms with Crippen molar-refractivity contribution in [3.8, 4) is 11.3 Å². The van der Waals surface area contributed by atoms with Crippen LogP contribution >= 0.6 is 7.92 Å². The number of benzene rings is 4. The largest absolute Gasteiger partial charge is 0.310 e. The lowest BCUT2D eigenvalue weighted by Crippen LogP contribution is -2.30. The second kappa shape index (κ2) is 8.34. The molecule has 0 fully saturated rings. The maximum absolute atomic E-state index is 13.3. The van der Waals surface area contributed by atoms with Crippen molar-refractivity contribution < 1.29 is 0 Å². The second-order valence-electron chi connectivity index (χ2n) is 7.48. The average molecular weight is 419 g/mol. The minimum absolute atomic E-state index is 0.0364. The predicted molar refractivity (Wildman–Crippen MR) is 133 cm³/mol. The van der Waals surface area contributed by atoms with Gasteiger partial charge in [0, 0.05) is 17.7 Å². The van der Waals surface area contributed by atoms with Crippen LogP contribution in [-0.4, -0.2) is 4.57 Å². The molecule has 0 radical (unpaired) electrons. The van der Waals surface area contributed by atoms with Crippen molar-refractivity contribution in [3.63, 3.8) is 0 Å². The molecular weight excluding hydrogens is 397 g/mol. The summed E-state index contributed by atoms with van der Waals surface area (Å²) >= 11 is 0. The smallest absolute Gasteiger partial charge is 0.258 e. The van der Waals surface area contributed by atoms with Crippen LogP contribution in [-0.2, 0) is 7.05 Å². The molecule has 0 saturated carbocycles. The Kier molecular flexibility index (Phi) is 5.24. The van der Waals surface area contributed by atoms with Gasteiger partial charge in [0.15, 0.2) is 0 Å². The Bertz CT molecular complexity index is 1350. The molecule has 5 aromatic rings. The van der Waals surface area contributed by atoms with Crippen molar-refractivity contribution in [1.29, 1.82) is 0 Å². The lowest BCUT2D eigenvalue weighted by Gasteiger charge is -2.26. The molecule has 0 aliphatic rings. The fraction of sp³-hybridized carbons (Fsp3) is 0.0357. The summed E-state index contributed by atoms with van der Waals surface area (Å²) in [7, 11) is 1.01. The monoisotopic (exact) mass is 419 g/mol. The van der Waals surface area contributed by atoms with Gasteiger partial charge in [0.1, 0.15) is 0 Å². The van der Waals surface area contributed by atoms with E-state index in [0.29, 0.717) is 0 Å². The van der Waals surface area contributed by atoms with E-state index in [-0.39, 0.29) is 5.56 Å². The van der Waals surface area contributed by atoms with Gasteiger partial charge in [0.25, 0.3) is 5.56 Å². The van der Waals surface area contributed by atoms with E-state index in [1.807, 2.05) is 48.0 Å². The van der Waals surface area contributed by atoms with Crippen molar-refractivity contribution in [2.75, 3.05) is 0 Å². The van der Waals surface area contributed by atoms with E-state index in [4.69, 9.17) is 0 Å². The minimum Gasteiger partial charge on any atom is -0.310 e. The Morgan fingerprint density at radius 1 is 0.581 bits per heavy atom. The highest BCUT2D eigenvalue weighted by Gasteiger charge is 2.25. The Hall–Kier alpha value is -3.48. The molecule has 1 aromatic heterocycles. The van der Waals surface area contributed by atoms with E-state index >= 15 is 0 Å². The summed E-state index contributed by atoms with van der Waals surface area (Å²) in [6.45, 7) is 0. The van der Waals surface area contributed by atoms with Gasteiger partial charge in [-0.2, -0.15) is 0 Å². The van der Waals surface area contributed by atoms with Crippen LogP contribution in [0.4, 0.5) is 0 Å². The third-order valence-corrected chi connectivity index (χ3v) is 8.11. The Morgan fingerprint density at radius 2 is 1.03 bits per heavy atom. The number of pyridine rings is 1. The number of rotatable bonds is 4. The molecule has 4 aromatic carbocycles. The molecule has 0 unspecified atom stereocenters. The number of fused-ring (bicyclic) bond motifs is 1. The Balaban J connectivity index is 1.96. The van der Waals surface area contributed by atoms with Gasteiger partial charge in [-0.05, 0) is 35.5 Å². The molecule has 0 atom stereocenters. The number of hydrogen-bond acceptors (Lipinski definition) is 1. The summed E-state index contributed by atoms with van der Waals surface area (Å²) in [4.78, 5) is 13.3. The molecule has 3 heteroatoms. The third kappa shape index (κ3) is 3.50. The van der Waals surface area contributed by atoms with Crippen LogP contribution in [0.25, 0.3) is 22.0 Å². The molecule has 0 amide bonds. The third-order valence-electron chi connectivity index (χ3n) is 5.58. The average Bonchev–Trinajstić information content (AvgIpc) is 2.84. The molecule has 5 rings (SSSR count). The van der Waals surface area contributed by atoms with Crippen LogP contribution in [0.3, 0.4) is 0 Å². The van der Waals surface area contributed by atoms with Crippen LogP contribution in [0.5, 0.6) is 0 Å². The SMILES string of the molecule is Cn1c(-c2ccccc2)c(P(c2ccccc2)c2ccccc2)c2ccccc2c1=O. The quantitative estimate of drug-likeness (QED) is 0.377. The number of hydrogen-bond donors (Lipinski definition) is 0. The van der Waals surface area contributed by atoms with Crippen molar-refractivity contribution in [1.82, 2.24) is 4.57 Å². The first-order valence-electron chi connectivity index (χ1n) is 10.3. The van der Waals surface area contributed by atoms with E-state index in [9.17, 15) is 4.79 Å². The lowest BCUT2D eigenvalue weighted by atomic mass is 10.1. The van der Waals surface area contributed by atoms with E-state index in [2.05, 4.69) is 78.9 Å². The minimum atomic E-state index is -0.879. The maximum atomic E-state index is 13.3. The number of nitrogens with zero attached hydrogens (tertiary/aromatic N) is 1. The molecular formula is C28H22NOP.